The fourth-order valence-electron chi connectivity index (χ4n) is 1.94. The highest BCUT2D eigenvalue weighted by Gasteiger charge is 2.16. The lowest BCUT2D eigenvalue weighted by molar-refractivity contribution is 0.600. The molecule has 0 radical (unpaired) electrons. The first-order chi connectivity index (χ1) is 10.1. The average molecular weight is 303 g/mol. The number of aromatic nitrogens is 4. The first-order valence-corrected chi connectivity index (χ1v) is 7.85. The molecule has 0 aliphatic rings. The van der Waals surface area contributed by atoms with Crippen LogP contribution in [0.15, 0.2) is 47.8 Å². The maximum absolute atomic E-state index is 12.4. The van der Waals surface area contributed by atoms with Crippen LogP contribution < -0.4 is 4.72 Å². The zero-order chi connectivity index (χ0) is 14.9. The van der Waals surface area contributed by atoms with Crippen LogP contribution in [0.2, 0.25) is 0 Å². The topological polar surface area (TPSA) is 89.2 Å². The number of sulfonamides is 1. The second kappa shape index (κ2) is 5.13. The average Bonchev–Trinajstić information content (AvgIpc) is 2.97. The Morgan fingerprint density at radius 3 is 2.90 bits per heavy atom. The van der Waals surface area contributed by atoms with Crippen LogP contribution in [0.1, 0.15) is 12.5 Å². The molecule has 0 spiro atoms. The van der Waals surface area contributed by atoms with Crippen LogP contribution in [0.3, 0.4) is 0 Å². The van der Waals surface area contributed by atoms with Crippen molar-refractivity contribution in [1.82, 2.24) is 19.6 Å². The van der Waals surface area contributed by atoms with Crippen molar-refractivity contribution in [3.8, 4) is 0 Å². The lowest BCUT2D eigenvalue weighted by atomic mass is 10.2. The third-order valence-corrected chi connectivity index (χ3v) is 4.39. The van der Waals surface area contributed by atoms with Crippen molar-refractivity contribution in [3.63, 3.8) is 0 Å². The van der Waals surface area contributed by atoms with E-state index in [1.54, 1.807) is 18.2 Å². The van der Waals surface area contributed by atoms with E-state index < -0.39 is 10.0 Å². The number of fused-ring (bicyclic) bond motifs is 1. The van der Waals surface area contributed by atoms with Gasteiger partial charge in [-0.25, -0.2) is 13.4 Å². The van der Waals surface area contributed by atoms with Gasteiger partial charge < -0.3 is 0 Å². The van der Waals surface area contributed by atoms with Crippen LogP contribution >= 0.6 is 0 Å². The molecule has 0 bridgehead atoms. The number of hydrogen-bond acceptors (Lipinski definition) is 5. The van der Waals surface area contributed by atoms with Gasteiger partial charge in [0.15, 0.2) is 0 Å². The molecule has 2 aromatic heterocycles. The van der Waals surface area contributed by atoms with Crippen molar-refractivity contribution < 1.29 is 8.42 Å². The summed E-state index contributed by atoms with van der Waals surface area (Å²) in [5, 5.41) is 3.95. The van der Waals surface area contributed by atoms with Crippen molar-refractivity contribution in [3.05, 3.63) is 48.4 Å². The highest BCUT2D eigenvalue weighted by molar-refractivity contribution is 7.92. The van der Waals surface area contributed by atoms with Crippen LogP contribution in [0.4, 0.5) is 5.82 Å². The summed E-state index contributed by atoms with van der Waals surface area (Å²) in [4.78, 5) is 8.12. The smallest absolute Gasteiger partial charge is 0.263 e. The number of nitrogens with zero attached hydrogens (tertiary/aromatic N) is 4. The Bertz CT molecular complexity index is 888. The van der Waals surface area contributed by atoms with Crippen molar-refractivity contribution in [2.24, 2.45) is 0 Å². The predicted octanol–water partition coefficient (Wildman–Crippen LogP) is 1.49. The summed E-state index contributed by atoms with van der Waals surface area (Å²) in [7, 11) is -3.68. The van der Waals surface area contributed by atoms with Crippen molar-refractivity contribution >= 4 is 21.6 Å². The number of benzene rings is 1. The zero-order valence-corrected chi connectivity index (χ0v) is 12.1. The number of nitrogens with one attached hydrogen (secondary N) is 1. The largest absolute Gasteiger partial charge is 0.263 e. The maximum Gasteiger partial charge on any atom is 0.263 e. The molecule has 0 aliphatic heterocycles. The molecule has 108 valence electrons. The molecule has 0 fully saturated rings. The Kier molecular flexibility index (Phi) is 3.30. The Balaban J connectivity index is 2.01. The molecule has 3 aromatic rings. The minimum Gasteiger partial charge on any atom is -0.263 e. The molecule has 2 heterocycles. The quantitative estimate of drug-likeness (QED) is 0.788. The van der Waals surface area contributed by atoms with Gasteiger partial charge in [0.25, 0.3) is 15.8 Å². The Morgan fingerprint density at radius 1 is 1.24 bits per heavy atom. The standard InChI is InChI=1S/C13H13N5O2S/c1-2-10-4-3-5-11(8-10)21(19,20)17-12-6-7-14-13-15-9-16-18(12)13/h3-9,17H,2H2,1H3. The highest BCUT2D eigenvalue weighted by Crippen LogP contribution is 2.17. The summed E-state index contributed by atoms with van der Waals surface area (Å²) in [5.74, 6) is 0.622. The fraction of sp³-hybridized carbons (Fsp3) is 0.154. The minimum atomic E-state index is -3.68. The second-order valence-corrected chi connectivity index (χ2v) is 6.09. The van der Waals surface area contributed by atoms with Crippen LogP contribution in [0.25, 0.3) is 5.78 Å². The predicted molar refractivity (Wildman–Crippen MR) is 77.4 cm³/mol. The molecule has 0 saturated heterocycles. The van der Waals surface area contributed by atoms with Gasteiger partial charge in [-0.1, -0.05) is 19.1 Å². The summed E-state index contributed by atoms with van der Waals surface area (Å²) in [6, 6.07) is 8.36. The van der Waals surface area contributed by atoms with E-state index in [0.717, 1.165) is 12.0 Å². The zero-order valence-electron chi connectivity index (χ0n) is 11.3. The van der Waals surface area contributed by atoms with E-state index in [0.29, 0.717) is 11.6 Å². The summed E-state index contributed by atoms with van der Waals surface area (Å²) < 4.78 is 28.7. The van der Waals surface area contributed by atoms with Crippen molar-refractivity contribution in [2.45, 2.75) is 18.2 Å². The van der Waals surface area contributed by atoms with E-state index in [9.17, 15) is 8.42 Å². The third-order valence-electron chi connectivity index (χ3n) is 3.04. The number of aryl methyl sites for hydroxylation is 1. The molecule has 0 saturated carbocycles. The van der Waals surface area contributed by atoms with Gasteiger partial charge in [-0.05, 0) is 24.1 Å². The van der Waals surface area contributed by atoms with Crippen molar-refractivity contribution in [1.29, 1.82) is 0 Å². The van der Waals surface area contributed by atoms with Gasteiger partial charge in [-0.2, -0.15) is 14.6 Å². The highest BCUT2D eigenvalue weighted by atomic mass is 32.2. The maximum atomic E-state index is 12.4. The number of rotatable bonds is 4. The summed E-state index contributed by atoms with van der Waals surface area (Å²) in [5.41, 5.74) is 0.957. The minimum absolute atomic E-state index is 0.215. The Labute approximate surface area is 121 Å². The third kappa shape index (κ3) is 2.57. The molecule has 21 heavy (non-hydrogen) atoms. The molecule has 0 unspecified atom stereocenters. The van der Waals surface area contributed by atoms with Gasteiger partial charge in [0.05, 0.1) is 4.90 Å². The van der Waals surface area contributed by atoms with Gasteiger partial charge in [0, 0.05) is 12.3 Å². The molecule has 8 heteroatoms. The summed E-state index contributed by atoms with van der Waals surface area (Å²) >= 11 is 0. The first-order valence-electron chi connectivity index (χ1n) is 6.36. The van der Waals surface area contributed by atoms with Crippen LogP contribution in [-0.4, -0.2) is 28.0 Å². The van der Waals surface area contributed by atoms with E-state index in [1.807, 2.05) is 13.0 Å². The van der Waals surface area contributed by atoms with E-state index in [4.69, 9.17) is 0 Å². The van der Waals surface area contributed by atoms with Crippen molar-refractivity contribution in [2.75, 3.05) is 4.72 Å². The Hall–Kier alpha value is -2.48. The monoisotopic (exact) mass is 303 g/mol. The van der Waals surface area contributed by atoms with Gasteiger partial charge in [0.2, 0.25) is 0 Å². The van der Waals surface area contributed by atoms with Crippen LogP contribution in [-0.2, 0) is 16.4 Å². The van der Waals surface area contributed by atoms with Crippen LogP contribution in [0, 0.1) is 0 Å². The van der Waals surface area contributed by atoms with Gasteiger partial charge in [-0.3, -0.25) is 4.72 Å². The SMILES string of the molecule is CCc1cccc(S(=O)(=O)Nc2ccnc3ncnn23)c1. The molecule has 1 aromatic carbocycles. The molecular formula is C13H13N5O2S. The van der Waals surface area contributed by atoms with Crippen LogP contribution in [0.5, 0.6) is 0 Å². The van der Waals surface area contributed by atoms with E-state index in [2.05, 4.69) is 19.8 Å². The molecule has 0 amide bonds. The number of anilines is 1. The molecular weight excluding hydrogens is 290 g/mol. The summed E-state index contributed by atoms with van der Waals surface area (Å²) in [6.07, 6.45) is 3.56. The van der Waals surface area contributed by atoms with E-state index in [1.165, 1.54) is 23.1 Å². The molecule has 1 N–H and O–H groups in total. The Morgan fingerprint density at radius 2 is 2.10 bits per heavy atom. The molecule has 7 nitrogen and oxygen atoms in total. The van der Waals surface area contributed by atoms with Gasteiger partial charge in [-0.15, -0.1) is 0 Å². The summed E-state index contributed by atoms with van der Waals surface area (Å²) in [6.45, 7) is 1.97. The fourth-order valence-corrected chi connectivity index (χ4v) is 3.06. The number of hydrogen-bond donors (Lipinski definition) is 1. The van der Waals surface area contributed by atoms with E-state index in [-0.39, 0.29) is 4.90 Å². The first kappa shape index (κ1) is 13.5. The molecule has 3 rings (SSSR count). The van der Waals surface area contributed by atoms with E-state index >= 15 is 0 Å². The lowest BCUT2D eigenvalue weighted by Crippen LogP contribution is -2.16. The second-order valence-electron chi connectivity index (χ2n) is 4.41. The molecule has 0 aliphatic carbocycles. The van der Waals surface area contributed by atoms with Gasteiger partial charge >= 0.3 is 0 Å². The lowest BCUT2D eigenvalue weighted by Gasteiger charge is -2.09. The normalized spacial score (nSPS) is 11.7. The molecule has 0 atom stereocenters. The van der Waals surface area contributed by atoms with Gasteiger partial charge in [0.1, 0.15) is 12.1 Å².